The first-order chi connectivity index (χ1) is 7.36. The number of aliphatic hydroxyl groups excluding tert-OH is 1. The predicted molar refractivity (Wildman–Crippen MR) is 60.8 cm³/mol. The number of hydrogen-bond donors (Lipinski definition) is 1. The molecule has 0 aromatic heterocycles. The summed E-state index contributed by atoms with van der Waals surface area (Å²) in [6.45, 7) is 0.867. The molecule has 2 nitrogen and oxygen atoms in total. The predicted octanol–water partition coefficient (Wildman–Crippen LogP) is 2.89. The number of rotatable bonds is 4. The van der Waals surface area contributed by atoms with Gasteiger partial charge in [0, 0.05) is 6.61 Å². The Morgan fingerprint density at radius 3 is 2.40 bits per heavy atom. The molecule has 15 heavy (non-hydrogen) atoms. The lowest BCUT2D eigenvalue weighted by Gasteiger charge is -2.25. The summed E-state index contributed by atoms with van der Waals surface area (Å²) < 4.78 is 5.83. The van der Waals surface area contributed by atoms with E-state index < -0.39 is 0 Å². The van der Waals surface area contributed by atoms with Gasteiger partial charge in [-0.1, -0.05) is 38.5 Å². The summed E-state index contributed by atoms with van der Waals surface area (Å²) in [5.74, 6) is 0.940. The zero-order chi connectivity index (χ0) is 10.5. The number of aliphatic hydroxyl groups is 1. The SMILES string of the molecule is OC1CCCCCCC1OCCC1CC1. The fraction of sp³-hybridized carbons (Fsp3) is 1.00. The lowest BCUT2D eigenvalue weighted by Crippen LogP contribution is -2.30. The molecule has 0 saturated heterocycles. The molecule has 2 rings (SSSR count). The molecule has 0 aromatic carbocycles. The van der Waals surface area contributed by atoms with Gasteiger partial charge in [-0.05, 0) is 25.2 Å². The summed E-state index contributed by atoms with van der Waals surface area (Å²) in [5.41, 5.74) is 0. The van der Waals surface area contributed by atoms with Crippen molar-refractivity contribution in [1.29, 1.82) is 0 Å². The van der Waals surface area contributed by atoms with Gasteiger partial charge < -0.3 is 9.84 Å². The molecule has 88 valence electrons. The van der Waals surface area contributed by atoms with Crippen LogP contribution in [0.15, 0.2) is 0 Å². The molecular weight excluding hydrogens is 188 g/mol. The maximum Gasteiger partial charge on any atom is 0.0833 e. The Balaban J connectivity index is 1.65. The molecule has 2 aliphatic rings. The Hall–Kier alpha value is -0.0800. The van der Waals surface area contributed by atoms with Crippen molar-refractivity contribution in [1.82, 2.24) is 0 Å². The van der Waals surface area contributed by atoms with E-state index in [1.54, 1.807) is 0 Å². The van der Waals surface area contributed by atoms with Crippen LogP contribution >= 0.6 is 0 Å². The van der Waals surface area contributed by atoms with Crippen LogP contribution in [0.5, 0.6) is 0 Å². The smallest absolute Gasteiger partial charge is 0.0833 e. The zero-order valence-electron chi connectivity index (χ0n) is 9.66. The van der Waals surface area contributed by atoms with Gasteiger partial charge in [-0.3, -0.25) is 0 Å². The molecule has 1 N–H and O–H groups in total. The highest BCUT2D eigenvalue weighted by molar-refractivity contribution is 4.75. The Morgan fingerprint density at radius 2 is 1.67 bits per heavy atom. The van der Waals surface area contributed by atoms with Gasteiger partial charge in [-0.2, -0.15) is 0 Å². The van der Waals surface area contributed by atoms with Gasteiger partial charge in [0.1, 0.15) is 0 Å². The third kappa shape index (κ3) is 4.12. The fourth-order valence-corrected chi connectivity index (χ4v) is 2.42. The molecule has 2 saturated carbocycles. The second-order valence-electron chi connectivity index (χ2n) is 5.20. The van der Waals surface area contributed by atoms with Crippen molar-refractivity contribution >= 4 is 0 Å². The molecule has 2 heteroatoms. The second-order valence-corrected chi connectivity index (χ2v) is 5.20. The van der Waals surface area contributed by atoms with Gasteiger partial charge in [-0.25, -0.2) is 0 Å². The van der Waals surface area contributed by atoms with Crippen molar-refractivity contribution < 1.29 is 9.84 Å². The highest BCUT2D eigenvalue weighted by Crippen LogP contribution is 2.32. The number of ether oxygens (including phenoxy) is 1. The van der Waals surface area contributed by atoms with E-state index in [0.29, 0.717) is 0 Å². The van der Waals surface area contributed by atoms with Gasteiger partial charge in [0.15, 0.2) is 0 Å². The summed E-state index contributed by atoms with van der Waals surface area (Å²) in [6.07, 6.45) is 10.9. The third-order valence-corrected chi connectivity index (χ3v) is 3.72. The molecule has 0 amide bonds. The third-order valence-electron chi connectivity index (χ3n) is 3.72. The van der Waals surface area contributed by atoms with Crippen LogP contribution < -0.4 is 0 Å². The average molecular weight is 212 g/mol. The Kier molecular flexibility index (Phi) is 4.45. The van der Waals surface area contributed by atoms with Gasteiger partial charge in [0.05, 0.1) is 12.2 Å². The highest BCUT2D eigenvalue weighted by Gasteiger charge is 2.24. The lowest BCUT2D eigenvalue weighted by molar-refractivity contribution is -0.0508. The molecule has 0 spiro atoms. The van der Waals surface area contributed by atoms with Crippen LogP contribution in [0.4, 0.5) is 0 Å². The van der Waals surface area contributed by atoms with Gasteiger partial charge in [0.25, 0.3) is 0 Å². The first-order valence-corrected chi connectivity index (χ1v) is 6.66. The second kappa shape index (κ2) is 5.86. The van der Waals surface area contributed by atoms with Crippen molar-refractivity contribution in [2.75, 3.05) is 6.61 Å². The first-order valence-electron chi connectivity index (χ1n) is 6.66. The van der Waals surface area contributed by atoms with Crippen molar-refractivity contribution in [2.45, 2.75) is 70.0 Å². The minimum atomic E-state index is -0.204. The van der Waals surface area contributed by atoms with Crippen molar-refractivity contribution in [3.8, 4) is 0 Å². The molecular formula is C13H24O2. The normalized spacial score (nSPS) is 33.4. The largest absolute Gasteiger partial charge is 0.390 e. The van der Waals surface area contributed by atoms with Crippen molar-refractivity contribution in [3.05, 3.63) is 0 Å². The van der Waals surface area contributed by atoms with E-state index in [9.17, 15) is 5.11 Å². The van der Waals surface area contributed by atoms with Gasteiger partial charge >= 0.3 is 0 Å². The van der Waals surface area contributed by atoms with E-state index in [0.717, 1.165) is 25.4 Å². The van der Waals surface area contributed by atoms with Crippen LogP contribution in [0, 0.1) is 5.92 Å². The van der Waals surface area contributed by atoms with Crippen LogP contribution in [0.3, 0.4) is 0 Å². The first kappa shape index (κ1) is 11.4. The molecule has 0 aromatic rings. The maximum atomic E-state index is 9.93. The lowest BCUT2D eigenvalue weighted by atomic mass is 9.96. The van der Waals surface area contributed by atoms with Gasteiger partial charge in [0.2, 0.25) is 0 Å². The van der Waals surface area contributed by atoms with Crippen LogP contribution in [-0.2, 0) is 4.74 Å². The molecule has 2 atom stereocenters. The van der Waals surface area contributed by atoms with Crippen LogP contribution in [0.2, 0.25) is 0 Å². The molecule has 0 bridgehead atoms. The molecule has 2 unspecified atom stereocenters. The van der Waals surface area contributed by atoms with Crippen molar-refractivity contribution in [2.24, 2.45) is 5.92 Å². The zero-order valence-corrected chi connectivity index (χ0v) is 9.66. The minimum Gasteiger partial charge on any atom is -0.390 e. The summed E-state index contributed by atoms with van der Waals surface area (Å²) in [4.78, 5) is 0. The Morgan fingerprint density at radius 1 is 0.933 bits per heavy atom. The summed E-state index contributed by atoms with van der Waals surface area (Å²) >= 11 is 0. The average Bonchev–Trinajstić information content (AvgIpc) is 3.00. The Labute approximate surface area is 93.0 Å². The van der Waals surface area contributed by atoms with Crippen LogP contribution in [0.25, 0.3) is 0 Å². The van der Waals surface area contributed by atoms with E-state index in [2.05, 4.69) is 0 Å². The topological polar surface area (TPSA) is 29.5 Å². The van der Waals surface area contributed by atoms with Crippen molar-refractivity contribution in [3.63, 3.8) is 0 Å². The standard InChI is InChI=1S/C13H24O2/c14-12-5-3-1-2-4-6-13(12)15-10-9-11-7-8-11/h11-14H,1-10H2. The van der Waals surface area contributed by atoms with E-state index in [1.165, 1.54) is 44.9 Å². The van der Waals surface area contributed by atoms with Gasteiger partial charge in [-0.15, -0.1) is 0 Å². The summed E-state index contributed by atoms with van der Waals surface area (Å²) in [7, 11) is 0. The van der Waals surface area contributed by atoms with Crippen LogP contribution in [-0.4, -0.2) is 23.9 Å². The van der Waals surface area contributed by atoms with E-state index in [1.807, 2.05) is 0 Å². The molecule has 0 aliphatic heterocycles. The maximum absolute atomic E-state index is 9.93. The number of hydrogen-bond acceptors (Lipinski definition) is 2. The molecule has 2 fully saturated rings. The Bertz CT molecular complexity index is 177. The highest BCUT2D eigenvalue weighted by atomic mass is 16.5. The van der Waals surface area contributed by atoms with E-state index in [4.69, 9.17) is 4.74 Å². The molecule has 0 heterocycles. The quantitative estimate of drug-likeness (QED) is 0.776. The summed E-state index contributed by atoms with van der Waals surface area (Å²) in [5, 5.41) is 9.93. The van der Waals surface area contributed by atoms with E-state index >= 15 is 0 Å². The summed E-state index contributed by atoms with van der Waals surface area (Å²) in [6, 6.07) is 0. The van der Waals surface area contributed by atoms with E-state index in [-0.39, 0.29) is 12.2 Å². The molecule has 2 aliphatic carbocycles. The minimum absolute atomic E-state index is 0.129. The van der Waals surface area contributed by atoms with Crippen LogP contribution in [0.1, 0.15) is 57.8 Å². The molecule has 0 radical (unpaired) electrons. The fourth-order valence-electron chi connectivity index (χ4n) is 2.42. The monoisotopic (exact) mass is 212 g/mol.